The first-order valence-corrected chi connectivity index (χ1v) is 24.8. The number of rotatable bonds is 8. The lowest BCUT2D eigenvalue weighted by Crippen LogP contribution is -2.32. The lowest BCUT2D eigenvalue weighted by Gasteiger charge is -2.33. The van der Waals surface area contributed by atoms with Crippen LogP contribution in [-0.2, 0) is 5.41 Å². The van der Waals surface area contributed by atoms with E-state index in [2.05, 4.69) is 260 Å². The van der Waals surface area contributed by atoms with Crippen molar-refractivity contribution in [2.75, 3.05) is 4.90 Å². The van der Waals surface area contributed by atoms with Crippen molar-refractivity contribution >= 4 is 38.8 Å². The summed E-state index contributed by atoms with van der Waals surface area (Å²) in [7, 11) is 0. The molecule has 2 aliphatic carbocycles. The fourth-order valence-electron chi connectivity index (χ4n) is 11.5. The third-order valence-electron chi connectivity index (χ3n) is 15.2. The molecule has 336 valence electrons. The van der Waals surface area contributed by atoms with Crippen LogP contribution in [0.15, 0.2) is 237 Å². The molecular weight excluding hydrogens is 849 g/mol. The van der Waals surface area contributed by atoms with Crippen molar-refractivity contribution in [3.05, 3.63) is 253 Å². The number of nitrogens with zero attached hydrogens (tertiary/aromatic N) is 4. The van der Waals surface area contributed by atoms with Gasteiger partial charge >= 0.3 is 0 Å². The van der Waals surface area contributed by atoms with E-state index >= 15 is 0 Å². The molecular formula is C66H52N4. The average molecular weight is 901 g/mol. The van der Waals surface area contributed by atoms with Gasteiger partial charge in [-0.25, -0.2) is 9.97 Å². The predicted molar refractivity (Wildman–Crippen MR) is 292 cm³/mol. The Morgan fingerprint density at radius 3 is 1.97 bits per heavy atom. The fraction of sp³-hybridized carbons (Fsp3) is 0.121. The molecule has 0 amide bonds. The van der Waals surface area contributed by atoms with Crippen molar-refractivity contribution in [3.63, 3.8) is 0 Å². The van der Waals surface area contributed by atoms with Gasteiger partial charge in [0.1, 0.15) is 0 Å². The molecule has 0 radical (unpaired) electrons. The maximum absolute atomic E-state index is 5.38. The molecule has 0 N–H and O–H groups in total. The lowest BCUT2D eigenvalue weighted by atomic mass is 9.77. The van der Waals surface area contributed by atoms with Crippen molar-refractivity contribution in [1.29, 1.82) is 0 Å². The van der Waals surface area contributed by atoms with Gasteiger partial charge in [-0.1, -0.05) is 196 Å². The summed E-state index contributed by atoms with van der Waals surface area (Å²) < 4.78 is 2.45. The molecule has 13 rings (SSSR count). The van der Waals surface area contributed by atoms with Gasteiger partial charge in [-0.05, 0) is 112 Å². The first kappa shape index (κ1) is 41.8. The minimum absolute atomic E-state index is 0.301. The zero-order valence-corrected chi connectivity index (χ0v) is 39.5. The van der Waals surface area contributed by atoms with E-state index in [1.807, 2.05) is 0 Å². The van der Waals surface area contributed by atoms with Crippen molar-refractivity contribution in [3.8, 4) is 50.6 Å². The molecule has 3 aliphatic rings. The molecule has 3 heterocycles. The Bertz CT molecular complexity index is 3710. The van der Waals surface area contributed by atoms with Crippen LogP contribution in [-0.4, -0.2) is 20.6 Å². The van der Waals surface area contributed by atoms with Crippen LogP contribution < -0.4 is 4.90 Å². The number of hydrogen-bond acceptors (Lipinski definition) is 3. The Hall–Kier alpha value is -8.34. The van der Waals surface area contributed by atoms with Crippen LogP contribution in [0.25, 0.3) is 78.0 Å². The van der Waals surface area contributed by atoms with Crippen molar-refractivity contribution in [1.82, 2.24) is 14.5 Å². The van der Waals surface area contributed by atoms with E-state index in [-0.39, 0.29) is 5.41 Å². The highest BCUT2D eigenvalue weighted by molar-refractivity contribution is 6.10. The highest BCUT2D eigenvalue weighted by Crippen LogP contribution is 2.52. The van der Waals surface area contributed by atoms with Crippen LogP contribution in [0.2, 0.25) is 0 Å². The monoisotopic (exact) mass is 900 g/mol. The third-order valence-corrected chi connectivity index (χ3v) is 15.2. The number of hydrogen-bond donors (Lipinski definition) is 0. The van der Waals surface area contributed by atoms with Gasteiger partial charge in [0.05, 0.1) is 28.5 Å². The van der Waals surface area contributed by atoms with Gasteiger partial charge in [0.2, 0.25) is 0 Å². The van der Waals surface area contributed by atoms with Gasteiger partial charge in [0.15, 0.2) is 5.82 Å². The molecule has 4 unspecified atom stereocenters. The van der Waals surface area contributed by atoms with Crippen LogP contribution in [0.5, 0.6) is 0 Å². The summed E-state index contributed by atoms with van der Waals surface area (Å²) in [5, 5.41) is 2.46. The molecule has 10 aromatic rings. The largest absolute Gasteiger partial charge is 0.334 e. The second-order valence-corrected chi connectivity index (χ2v) is 19.7. The molecule has 0 fully saturated rings. The van der Waals surface area contributed by atoms with Crippen molar-refractivity contribution in [2.45, 2.75) is 44.1 Å². The minimum atomic E-state index is -0.301. The molecule has 2 aromatic heterocycles. The van der Waals surface area contributed by atoms with E-state index in [1.54, 1.807) is 0 Å². The second kappa shape index (κ2) is 17.0. The number of para-hydroxylation sites is 2. The molecule has 4 heteroatoms. The van der Waals surface area contributed by atoms with Crippen LogP contribution in [0.1, 0.15) is 49.4 Å². The summed E-state index contributed by atoms with van der Waals surface area (Å²) in [6.45, 7) is 4.70. The predicted octanol–water partition coefficient (Wildman–Crippen LogP) is 16.7. The van der Waals surface area contributed by atoms with Crippen LogP contribution in [0.4, 0.5) is 11.4 Å². The molecule has 0 spiro atoms. The van der Waals surface area contributed by atoms with Gasteiger partial charge in [-0.15, -0.1) is 0 Å². The highest BCUT2D eigenvalue weighted by atomic mass is 15.2. The molecule has 8 aromatic carbocycles. The fourth-order valence-corrected chi connectivity index (χ4v) is 11.5. The van der Waals surface area contributed by atoms with E-state index < -0.39 is 0 Å². The van der Waals surface area contributed by atoms with E-state index in [9.17, 15) is 0 Å². The molecule has 70 heavy (non-hydrogen) atoms. The SMILES string of the molecule is CC1CC=CC2C1c1ccc(-c3cccc(-n4c5ccccc5c5ccc(-c6cccc(-c7nc(-c8ccccc8)cc(C8(C)C=CC(c9ccccc9)=CC8)n7)c6)cc54)c3)cc1N2c1ccccc1. The Kier molecular flexibility index (Phi) is 10.2. The highest BCUT2D eigenvalue weighted by Gasteiger charge is 2.42. The maximum atomic E-state index is 5.38. The molecule has 4 nitrogen and oxygen atoms in total. The van der Waals surface area contributed by atoms with Crippen LogP contribution in [0.3, 0.4) is 0 Å². The topological polar surface area (TPSA) is 34.0 Å². The maximum Gasteiger partial charge on any atom is 0.160 e. The summed E-state index contributed by atoms with van der Waals surface area (Å²) in [5.41, 5.74) is 18.3. The summed E-state index contributed by atoms with van der Waals surface area (Å²) in [6.07, 6.45) is 13.7. The van der Waals surface area contributed by atoms with E-state index in [0.717, 1.165) is 58.0 Å². The molecule has 4 atom stereocenters. The van der Waals surface area contributed by atoms with Crippen molar-refractivity contribution < 1.29 is 0 Å². The number of allylic oxidation sites excluding steroid dienone is 5. The number of fused-ring (bicyclic) bond motifs is 6. The molecule has 0 bridgehead atoms. The van der Waals surface area contributed by atoms with Gasteiger partial charge in [0, 0.05) is 50.3 Å². The normalized spacial score (nSPS) is 19.3. The van der Waals surface area contributed by atoms with Crippen LogP contribution in [0, 0.1) is 5.92 Å². The standard InChI is InChI=1S/C66H52N4/c1-44-17-14-30-60-64(44)57-34-32-51(42-62(57)69(60)53-25-10-5-11-26-53)49-23-16-27-54(40-49)70-59-29-13-12-28-55(59)56-33-31-50(41-61(56)70)48-22-15-24-52(39-48)65-67-58(47-20-8-4-9-21-47)43-63(68-65)66(2)37-35-46(36-38-66)45-18-6-3-7-19-45/h3-16,18-37,39-44,60,64H,17,38H2,1-2H3. The number of aromatic nitrogens is 3. The van der Waals surface area contributed by atoms with Crippen molar-refractivity contribution in [2.24, 2.45) is 5.92 Å². The van der Waals surface area contributed by atoms with E-state index in [4.69, 9.17) is 9.97 Å². The summed E-state index contributed by atoms with van der Waals surface area (Å²) >= 11 is 0. The Balaban J connectivity index is 0.885. The lowest BCUT2D eigenvalue weighted by molar-refractivity contribution is 0.428. The zero-order valence-electron chi connectivity index (χ0n) is 39.5. The van der Waals surface area contributed by atoms with Gasteiger partial charge in [-0.2, -0.15) is 0 Å². The first-order chi connectivity index (χ1) is 34.5. The average Bonchev–Trinajstić information content (AvgIpc) is 3.95. The molecule has 0 saturated heterocycles. The Morgan fingerprint density at radius 2 is 1.17 bits per heavy atom. The van der Waals surface area contributed by atoms with Gasteiger partial charge < -0.3 is 9.47 Å². The summed E-state index contributed by atoms with van der Waals surface area (Å²) in [5.74, 6) is 1.76. The van der Waals surface area contributed by atoms with E-state index in [1.165, 1.54) is 61.0 Å². The zero-order chi connectivity index (χ0) is 46.8. The number of benzene rings is 8. The Morgan fingerprint density at radius 1 is 0.529 bits per heavy atom. The van der Waals surface area contributed by atoms with Gasteiger partial charge in [0.25, 0.3) is 0 Å². The first-order valence-electron chi connectivity index (χ1n) is 24.8. The number of anilines is 2. The Labute approximate surface area is 410 Å². The quantitative estimate of drug-likeness (QED) is 0.143. The van der Waals surface area contributed by atoms with Crippen LogP contribution >= 0.6 is 0 Å². The van der Waals surface area contributed by atoms with Gasteiger partial charge in [-0.3, -0.25) is 0 Å². The molecule has 0 saturated carbocycles. The van der Waals surface area contributed by atoms with E-state index in [0.29, 0.717) is 17.9 Å². The minimum Gasteiger partial charge on any atom is -0.334 e. The third kappa shape index (κ3) is 7.22. The second-order valence-electron chi connectivity index (χ2n) is 19.7. The molecule has 1 aliphatic heterocycles. The smallest absolute Gasteiger partial charge is 0.160 e. The summed E-state index contributed by atoms with van der Waals surface area (Å²) in [4.78, 5) is 13.2. The summed E-state index contributed by atoms with van der Waals surface area (Å²) in [6, 6.07) is 75.3.